The number of halogens is 1. The number of aldehydes is 1. The Hall–Kier alpha value is -1.91. The van der Waals surface area contributed by atoms with Crippen LogP contribution in [0.4, 0.5) is 0 Å². The van der Waals surface area contributed by atoms with Crippen LogP contribution in [0.3, 0.4) is 0 Å². The number of nitrogens with zero attached hydrogens (tertiary/aromatic N) is 2. The number of aromatic nitrogens is 2. The molecule has 20 heavy (non-hydrogen) atoms. The normalized spacial score (nSPS) is 10.7. The van der Waals surface area contributed by atoms with Gasteiger partial charge in [0.1, 0.15) is 5.69 Å². The third-order valence-electron chi connectivity index (χ3n) is 2.94. The predicted octanol–water partition coefficient (Wildman–Crippen LogP) is 4.38. The van der Waals surface area contributed by atoms with Crippen molar-refractivity contribution in [3.63, 3.8) is 0 Å². The topological polar surface area (TPSA) is 34.9 Å². The summed E-state index contributed by atoms with van der Waals surface area (Å²) in [6.07, 6.45) is 2.53. The molecule has 0 spiro atoms. The second kappa shape index (κ2) is 5.23. The molecule has 0 fully saturated rings. The largest absolute Gasteiger partial charge is 0.298 e. The Morgan fingerprint density at radius 1 is 1.25 bits per heavy atom. The molecule has 3 aromatic rings. The fraction of sp³-hybridized carbons (Fsp3) is 0.0667. The molecule has 3 nitrogen and oxygen atoms in total. The Morgan fingerprint density at radius 2 is 2.05 bits per heavy atom. The maximum absolute atomic E-state index is 11.3. The van der Waals surface area contributed by atoms with Gasteiger partial charge >= 0.3 is 0 Å². The third kappa shape index (κ3) is 2.28. The Kier molecular flexibility index (Phi) is 3.42. The summed E-state index contributed by atoms with van der Waals surface area (Å²) in [4.78, 5) is 13.4. The van der Waals surface area contributed by atoms with Crippen LogP contribution in [-0.4, -0.2) is 16.1 Å². The van der Waals surface area contributed by atoms with Crippen LogP contribution in [0.25, 0.3) is 16.3 Å². The molecular weight excluding hydrogens is 292 g/mol. The molecule has 0 saturated heterocycles. The van der Waals surface area contributed by atoms with E-state index in [-0.39, 0.29) is 0 Å². The highest BCUT2D eigenvalue weighted by Crippen LogP contribution is 2.30. The van der Waals surface area contributed by atoms with Crippen LogP contribution in [0.5, 0.6) is 0 Å². The van der Waals surface area contributed by atoms with E-state index in [0.29, 0.717) is 16.3 Å². The van der Waals surface area contributed by atoms with Gasteiger partial charge in [-0.1, -0.05) is 23.7 Å². The average molecular weight is 303 g/mol. The first-order chi connectivity index (χ1) is 9.69. The first-order valence-corrected chi connectivity index (χ1v) is 7.25. The molecule has 0 atom stereocenters. The molecule has 5 heteroatoms. The molecule has 2 heterocycles. The number of carbonyl (C=O) groups excluding carboxylic acids is 1. The van der Waals surface area contributed by atoms with Gasteiger partial charge in [-0.25, -0.2) is 4.68 Å². The minimum Gasteiger partial charge on any atom is -0.298 e. The van der Waals surface area contributed by atoms with Gasteiger partial charge < -0.3 is 0 Å². The first-order valence-electron chi connectivity index (χ1n) is 6.05. The van der Waals surface area contributed by atoms with Gasteiger partial charge in [0, 0.05) is 11.1 Å². The molecule has 0 bridgehead atoms. The lowest BCUT2D eigenvalue weighted by atomic mass is 10.2. The zero-order valence-electron chi connectivity index (χ0n) is 10.7. The summed E-state index contributed by atoms with van der Waals surface area (Å²) in [6.45, 7) is 2.03. The standard InChI is InChI=1S/C15H11ClN2OS/c1-10-6-7-14(20-10)15-11(9-19)8-18(17-15)13-5-3-2-4-12(13)16/h2-9H,1H3. The molecule has 0 unspecified atom stereocenters. The zero-order chi connectivity index (χ0) is 14.1. The number of thiophene rings is 1. The van der Waals surface area contributed by atoms with Crippen molar-refractivity contribution in [1.29, 1.82) is 0 Å². The van der Waals surface area contributed by atoms with Crippen molar-refractivity contribution < 1.29 is 4.79 Å². The van der Waals surface area contributed by atoms with Gasteiger partial charge in [0.2, 0.25) is 0 Å². The second-order valence-electron chi connectivity index (χ2n) is 4.36. The van der Waals surface area contributed by atoms with Crippen molar-refractivity contribution in [3.8, 4) is 16.3 Å². The van der Waals surface area contributed by atoms with Gasteiger partial charge in [0.05, 0.1) is 21.2 Å². The minimum absolute atomic E-state index is 0.562. The summed E-state index contributed by atoms with van der Waals surface area (Å²) in [6, 6.07) is 11.4. The maximum atomic E-state index is 11.3. The fourth-order valence-electron chi connectivity index (χ4n) is 1.99. The van der Waals surface area contributed by atoms with E-state index in [9.17, 15) is 4.79 Å². The van der Waals surface area contributed by atoms with Crippen LogP contribution in [0.15, 0.2) is 42.6 Å². The van der Waals surface area contributed by atoms with Crippen LogP contribution in [-0.2, 0) is 0 Å². The molecule has 3 rings (SSSR count). The summed E-state index contributed by atoms with van der Waals surface area (Å²) in [7, 11) is 0. The second-order valence-corrected chi connectivity index (χ2v) is 6.05. The predicted molar refractivity (Wildman–Crippen MR) is 82.0 cm³/mol. The number of carbonyl (C=O) groups is 1. The molecule has 0 N–H and O–H groups in total. The highest BCUT2D eigenvalue weighted by molar-refractivity contribution is 7.15. The van der Waals surface area contributed by atoms with Crippen LogP contribution in [0.2, 0.25) is 5.02 Å². The number of hydrogen-bond donors (Lipinski definition) is 0. The van der Waals surface area contributed by atoms with Gasteiger partial charge in [-0.05, 0) is 31.2 Å². The van der Waals surface area contributed by atoms with E-state index in [1.807, 2.05) is 37.3 Å². The lowest BCUT2D eigenvalue weighted by Gasteiger charge is -2.02. The van der Waals surface area contributed by atoms with Crippen molar-refractivity contribution in [2.75, 3.05) is 0 Å². The molecular formula is C15H11ClN2OS. The average Bonchev–Trinajstić information content (AvgIpc) is 3.05. The summed E-state index contributed by atoms with van der Waals surface area (Å²) in [5.41, 5.74) is 2.02. The van der Waals surface area contributed by atoms with E-state index in [1.165, 1.54) is 4.88 Å². The highest BCUT2D eigenvalue weighted by Gasteiger charge is 2.14. The van der Waals surface area contributed by atoms with Crippen molar-refractivity contribution in [2.45, 2.75) is 6.92 Å². The summed E-state index contributed by atoms with van der Waals surface area (Å²) in [5.74, 6) is 0. The van der Waals surface area contributed by atoms with Crippen LogP contribution in [0, 0.1) is 6.92 Å². The third-order valence-corrected chi connectivity index (χ3v) is 4.27. The Balaban J connectivity index is 2.14. The molecule has 0 aliphatic carbocycles. The molecule has 100 valence electrons. The number of para-hydroxylation sites is 1. The Morgan fingerprint density at radius 3 is 2.70 bits per heavy atom. The van der Waals surface area contributed by atoms with Crippen LogP contribution < -0.4 is 0 Å². The fourth-order valence-corrected chi connectivity index (χ4v) is 3.08. The first kappa shape index (κ1) is 13.1. The summed E-state index contributed by atoms with van der Waals surface area (Å²) >= 11 is 7.78. The molecule has 1 aromatic carbocycles. The molecule has 0 aliphatic rings. The molecule has 0 aliphatic heterocycles. The van der Waals surface area contributed by atoms with Gasteiger partial charge in [-0.2, -0.15) is 5.10 Å². The van der Waals surface area contributed by atoms with Crippen molar-refractivity contribution >= 4 is 29.2 Å². The SMILES string of the molecule is Cc1ccc(-c2nn(-c3ccccc3Cl)cc2C=O)s1. The van der Waals surface area contributed by atoms with Gasteiger partial charge in [0.15, 0.2) is 6.29 Å². The maximum Gasteiger partial charge on any atom is 0.153 e. The van der Waals surface area contributed by atoms with E-state index >= 15 is 0 Å². The molecule has 0 radical (unpaired) electrons. The zero-order valence-corrected chi connectivity index (χ0v) is 12.3. The monoisotopic (exact) mass is 302 g/mol. The lowest BCUT2D eigenvalue weighted by Crippen LogP contribution is -1.95. The molecule has 0 saturated carbocycles. The van der Waals surface area contributed by atoms with Crippen LogP contribution in [0.1, 0.15) is 15.2 Å². The van der Waals surface area contributed by atoms with E-state index in [0.717, 1.165) is 16.9 Å². The van der Waals surface area contributed by atoms with Crippen molar-refractivity contribution in [1.82, 2.24) is 9.78 Å². The Labute approximate surface area is 125 Å². The molecule has 2 aromatic heterocycles. The summed E-state index contributed by atoms with van der Waals surface area (Å²) in [5, 5.41) is 5.11. The van der Waals surface area contributed by atoms with Crippen molar-refractivity contribution in [3.05, 3.63) is 58.1 Å². The lowest BCUT2D eigenvalue weighted by molar-refractivity contribution is 0.112. The Bertz CT molecular complexity index is 776. The number of aryl methyl sites for hydroxylation is 1. The van der Waals surface area contributed by atoms with E-state index in [4.69, 9.17) is 11.6 Å². The van der Waals surface area contributed by atoms with E-state index in [2.05, 4.69) is 5.10 Å². The van der Waals surface area contributed by atoms with Gasteiger partial charge in [0.25, 0.3) is 0 Å². The number of rotatable bonds is 3. The van der Waals surface area contributed by atoms with Crippen LogP contribution >= 0.6 is 22.9 Å². The van der Waals surface area contributed by atoms with E-state index in [1.54, 1.807) is 28.3 Å². The summed E-state index contributed by atoms with van der Waals surface area (Å²) < 4.78 is 1.65. The molecule has 0 amide bonds. The highest BCUT2D eigenvalue weighted by atomic mass is 35.5. The van der Waals surface area contributed by atoms with Gasteiger partial charge in [-0.3, -0.25) is 4.79 Å². The number of hydrogen-bond acceptors (Lipinski definition) is 3. The smallest absolute Gasteiger partial charge is 0.153 e. The van der Waals surface area contributed by atoms with Gasteiger partial charge in [-0.15, -0.1) is 11.3 Å². The number of benzene rings is 1. The minimum atomic E-state index is 0.562. The van der Waals surface area contributed by atoms with Crippen molar-refractivity contribution in [2.24, 2.45) is 0 Å². The van der Waals surface area contributed by atoms with E-state index < -0.39 is 0 Å². The quantitative estimate of drug-likeness (QED) is 0.673.